The number of halogens is 4. The van der Waals surface area contributed by atoms with Crippen molar-refractivity contribution in [1.29, 1.82) is 0 Å². The third kappa shape index (κ3) is 6.43. The first-order valence-electron chi connectivity index (χ1n) is 11.2. The van der Waals surface area contributed by atoms with Crippen LogP contribution in [-0.4, -0.2) is 89.2 Å². The third-order valence-electron chi connectivity index (χ3n) is 5.88. The summed E-state index contributed by atoms with van der Waals surface area (Å²) < 4.78 is 62.1. The van der Waals surface area contributed by atoms with Crippen LogP contribution in [0.5, 0.6) is 0 Å². The van der Waals surface area contributed by atoms with E-state index in [1.807, 2.05) is 0 Å². The van der Waals surface area contributed by atoms with E-state index in [9.17, 15) is 31.9 Å². The highest BCUT2D eigenvalue weighted by atomic mass is 19.4. The minimum absolute atomic E-state index is 0.116. The van der Waals surface area contributed by atoms with Gasteiger partial charge in [-0.15, -0.1) is 0 Å². The third-order valence-corrected chi connectivity index (χ3v) is 5.88. The molecule has 12 nitrogen and oxygen atoms in total. The van der Waals surface area contributed by atoms with E-state index >= 15 is 0 Å². The molecule has 2 aromatic heterocycles. The Morgan fingerprint density at radius 2 is 2.05 bits per heavy atom. The molecule has 1 amide bonds. The number of hydrogen-bond donors (Lipinski definition) is 1. The fourth-order valence-corrected chi connectivity index (χ4v) is 3.88. The number of ether oxygens (including phenoxy) is 1. The van der Waals surface area contributed by atoms with Crippen LogP contribution in [0, 0.1) is 5.82 Å². The molecule has 4 heterocycles. The molecule has 2 aliphatic rings. The molecular formula is C21H27F4N7O5. The van der Waals surface area contributed by atoms with Crippen LogP contribution in [0.25, 0.3) is 0 Å². The SMILES string of the molecule is CON(C)C(=O)CN1c2nc(N3CCOC[C@H]3C)c(F)c(=O)n2CC[C@H]1C(F)(F)F.O=c1ccnc[nH]1. The zero-order chi connectivity index (χ0) is 27.3. The highest BCUT2D eigenvalue weighted by molar-refractivity contribution is 5.80. The highest BCUT2D eigenvalue weighted by Gasteiger charge is 2.48. The first kappa shape index (κ1) is 28.0. The largest absolute Gasteiger partial charge is 0.408 e. The number of morpholine rings is 1. The standard InChI is InChI=1S/C17H23F4N5O4.C4H4N2O/c1-10-9-30-7-6-24(10)14-13(18)15(28)25-5-4-11(17(19,20)21)26(16(25)22-14)8-12(27)23(2)29-3;7-4-1-2-5-3-6-4/h10-11H,4-9H2,1-3H3;1-3H,(H,5,6,7)/t10-,11+;/m1./s1. The summed E-state index contributed by atoms with van der Waals surface area (Å²) in [6.45, 7) is 1.35. The molecule has 1 N–H and O–H groups in total. The van der Waals surface area contributed by atoms with Crippen molar-refractivity contribution in [3.8, 4) is 0 Å². The molecule has 0 saturated carbocycles. The van der Waals surface area contributed by atoms with Crippen LogP contribution in [0.4, 0.5) is 29.3 Å². The number of carbonyl (C=O) groups excluding carboxylic acids is 1. The maximum absolute atomic E-state index is 14.8. The molecule has 0 bridgehead atoms. The van der Waals surface area contributed by atoms with Gasteiger partial charge in [0.05, 0.1) is 32.7 Å². The number of alkyl halides is 3. The van der Waals surface area contributed by atoms with Gasteiger partial charge >= 0.3 is 6.18 Å². The van der Waals surface area contributed by atoms with E-state index in [0.29, 0.717) is 4.90 Å². The zero-order valence-corrected chi connectivity index (χ0v) is 20.4. The average molecular weight is 533 g/mol. The number of hydroxylamine groups is 2. The number of nitrogens with zero attached hydrogens (tertiary/aromatic N) is 6. The number of hydrogen-bond acceptors (Lipinski definition) is 9. The van der Waals surface area contributed by atoms with Crippen molar-refractivity contribution in [2.75, 3.05) is 50.3 Å². The number of likely N-dealkylation sites (N-methyl/N-ethyl adjacent to an activating group) is 1. The molecule has 1 fully saturated rings. The van der Waals surface area contributed by atoms with E-state index in [-0.39, 0.29) is 43.7 Å². The van der Waals surface area contributed by atoms with E-state index in [4.69, 9.17) is 9.57 Å². The monoisotopic (exact) mass is 533 g/mol. The van der Waals surface area contributed by atoms with Gasteiger partial charge in [-0.05, 0) is 13.3 Å². The van der Waals surface area contributed by atoms with Gasteiger partial charge in [0.15, 0.2) is 5.82 Å². The van der Waals surface area contributed by atoms with Crippen LogP contribution in [0.1, 0.15) is 13.3 Å². The molecule has 37 heavy (non-hydrogen) atoms. The molecule has 1 saturated heterocycles. The van der Waals surface area contributed by atoms with Crippen molar-refractivity contribution in [1.82, 2.24) is 24.6 Å². The van der Waals surface area contributed by atoms with E-state index in [0.717, 1.165) is 9.63 Å². The molecule has 0 spiro atoms. The average Bonchev–Trinajstić information content (AvgIpc) is 2.86. The maximum Gasteiger partial charge on any atom is 0.408 e. The first-order chi connectivity index (χ1) is 17.5. The second-order valence-electron chi connectivity index (χ2n) is 8.27. The minimum Gasteiger partial charge on any atom is -0.377 e. The van der Waals surface area contributed by atoms with E-state index in [2.05, 4.69) is 15.0 Å². The Balaban J connectivity index is 0.000000468. The van der Waals surface area contributed by atoms with Crippen LogP contribution in [0.15, 0.2) is 28.2 Å². The topological polar surface area (TPSA) is 126 Å². The van der Waals surface area contributed by atoms with Gasteiger partial charge in [0, 0.05) is 32.4 Å². The number of anilines is 2. The number of rotatable bonds is 4. The Morgan fingerprint density at radius 1 is 1.32 bits per heavy atom. The second kappa shape index (κ2) is 11.7. The van der Waals surface area contributed by atoms with Crippen molar-refractivity contribution in [2.24, 2.45) is 0 Å². The van der Waals surface area contributed by atoms with E-state index in [1.165, 1.54) is 37.6 Å². The predicted octanol–water partition coefficient (Wildman–Crippen LogP) is 0.538. The van der Waals surface area contributed by atoms with Gasteiger partial charge in [-0.2, -0.15) is 22.5 Å². The van der Waals surface area contributed by atoms with Crippen LogP contribution in [0.3, 0.4) is 0 Å². The lowest BCUT2D eigenvalue weighted by Gasteiger charge is -2.40. The van der Waals surface area contributed by atoms with Crippen molar-refractivity contribution in [3.05, 3.63) is 45.1 Å². The van der Waals surface area contributed by atoms with Crippen LogP contribution in [0.2, 0.25) is 0 Å². The maximum atomic E-state index is 14.8. The van der Waals surface area contributed by atoms with Gasteiger partial charge in [0.1, 0.15) is 12.6 Å². The Morgan fingerprint density at radius 3 is 2.59 bits per heavy atom. The Labute approximate surface area is 208 Å². The summed E-state index contributed by atoms with van der Waals surface area (Å²) in [5, 5.41) is 0.777. The number of H-pyrrole nitrogens is 1. The number of aromatic nitrogens is 4. The summed E-state index contributed by atoms with van der Waals surface area (Å²) in [6.07, 6.45) is -2.41. The van der Waals surface area contributed by atoms with Gasteiger partial charge in [0.2, 0.25) is 11.8 Å². The molecule has 2 atom stereocenters. The molecule has 4 rings (SSSR count). The molecule has 0 unspecified atom stereocenters. The molecule has 204 valence electrons. The Bertz CT molecular complexity index is 1190. The molecular weight excluding hydrogens is 506 g/mol. The van der Waals surface area contributed by atoms with Crippen molar-refractivity contribution in [2.45, 2.75) is 38.1 Å². The zero-order valence-electron chi connectivity index (χ0n) is 20.4. The molecule has 0 radical (unpaired) electrons. The van der Waals surface area contributed by atoms with E-state index in [1.54, 1.807) is 6.92 Å². The van der Waals surface area contributed by atoms with Crippen LogP contribution < -0.4 is 20.9 Å². The lowest BCUT2D eigenvalue weighted by molar-refractivity contribution is -0.169. The Kier molecular flexibility index (Phi) is 8.85. The quantitative estimate of drug-likeness (QED) is 0.443. The van der Waals surface area contributed by atoms with Gasteiger partial charge in [-0.25, -0.2) is 10.0 Å². The minimum atomic E-state index is -4.68. The van der Waals surface area contributed by atoms with Gasteiger partial charge < -0.3 is 19.5 Å². The first-order valence-corrected chi connectivity index (χ1v) is 11.2. The molecule has 0 aromatic carbocycles. The van der Waals surface area contributed by atoms with E-state index < -0.39 is 48.4 Å². The lowest BCUT2D eigenvalue weighted by Crippen LogP contribution is -2.56. The van der Waals surface area contributed by atoms with Crippen molar-refractivity contribution >= 4 is 17.7 Å². The lowest BCUT2D eigenvalue weighted by atomic mass is 10.1. The Hall–Kier alpha value is -3.53. The van der Waals surface area contributed by atoms with Gasteiger partial charge in [0.25, 0.3) is 17.0 Å². The number of nitrogens with one attached hydrogen (secondary N) is 1. The summed E-state index contributed by atoms with van der Waals surface area (Å²) in [5.74, 6) is -2.66. The van der Waals surface area contributed by atoms with Crippen LogP contribution in [-0.2, 0) is 20.9 Å². The summed E-state index contributed by atoms with van der Waals surface area (Å²) in [6, 6.07) is -1.03. The normalized spacial score (nSPS) is 19.5. The number of amides is 1. The molecule has 2 aliphatic heterocycles. The highest BCUT2D eigenvalue weighted by Crippen LogP contribution is 2.35. The number of fused-ring (bicyclic) bond motifs is 1. The fraction of sp³-hybridized carbons (Fsp3) is 0.571. The van der Waals surface area contributed by atoms with Crippen LogP contribution >= 0.6 is 0 Å². The fourth-order valence-electron chi connectivity index (χ4n) is 3.88. The molecule has 16 heteroatoms. The number of aromatic amines is 1. The summed E-state index contributed by atoms with van der Waals surface area (Å²) in [5.41, 5.74) is -1.19. The summed E-state index contributed by atoms with van der Waals surface area (Å²) >= 11 is 0. The molecule has 0 aliphatic carbocycles. The van der Waals surface area contributed by atoms with Gasteiger partial charge in [-0.1, -0.05) is 0 Å². The second-order valence-corrected chi connectivity index (χ2v) is 8.27. The molecule has 2 aromatic rings. The summed E-state index contributed by atoms with van der Waals surface area (Å²) in [4.78, 5) is 52.1. The summed E-state index contributed by atoms with van der Waals surface area (Å²) in [7, 11) is 2.44. The van der Waals surface area contributed by atoms with Crippen molar-refractivity contribution < 1.29 is 31.9 Å². The smallest absolute Gasteiger partial charge is 0.377 e. The predicted molar refractivity (Wildman–Crippen MR) is 123 cm³/mol. The van der Waals surface area contributed by atoms with Crippen molar-refractivity contribution in [3.63, 3.8) is 0 Å². The van der Waals surface area contributed by atoms with Gasteiger partial charge in [-0.3, -0.25) is 23.8 Å². The number of carbonyl (C=O) groups is 1.